The van der Waals surface area contributed by atoms with Crippen molar-refractivity contribution in [2.24, 2.45) is 5.10 Å². The molecule has 0 saturated heterocycles. The van der Waals surface area contributed by atoms with Crippen LogP contribution in [0.15, 0.2) is 84.0 Å². The van der Waals surface area contributed by atoms with Crippen molar-refractivity contribution in [2.45, 2.75) is 13.5 Å². The lowest BCUT2D eigenvalue weighted by Crippen LogP contribution is -2.18. The molecular formula is C23H22N2O3. The summed E-state index contributed by atoms with van der Waals surface area (Å²) in [5.41, 5.74) is 4.80. The van der Waals surface area contributed by atoms with Crippen LogP contribution >= 0.6 is 0 Å². The highest BCUT2D eigenvalue weighted by Gasteiger charge is 2.11. The van der Waals surface area contributed by atoms with Gasteiger partial charge in [-0.05, 0) is 36.8 Å². The van der Waals surface area contributed by atoms with E-state index in [2.05, 4.69) is 10.5 Å². The zero-order valence-electron chi connectivity index (χ0n) is 15.7. The number of para-hydroxylation sites is 2. The summed E-state index contributed by atoms with van der Waals surface area (Å²) >= 11 is 0. The monoisotopic (exact) mass is 374 g/mol. The fourth-order valence-electron chi connectivity index (χ4n) is 2.61. The molecule has 0 aliphatic carbocycles. The molecule has 1 N–H and O–H groups in total. The number of amides is 1. The van der Waals surface area contributed by atoms with E-state index in [0.29, 0.717) is 24.5 Å². The molecule has 0 radical (unpaired) electrons. The lowest BCUT2D eigenvalue weighted by atomic mass is 10.2. The first kappa shape index (κ1) is 19.2. The predicted octanol–water partition coefficient (Wildman–Crippen LogP) is 4.43. The van der Waals surface area contributed by atoms with Crippen LogP contribution in [0.5, 0.6) is 11.5 Å². The number of rotatable bonds is 8. The largest absolute Gasteiger partial charge is 0.493 e. The van der Waals surface area contributed by atoms with E-state index < -0.39 is 0 Å². The van der Waals surface area contributed by atoms with Crippen molar-refractivity contribution in [2.75, 3.05) is 6.61 Å². The van der Waals surface area contributed by atoms with Crippen LogP contribution in [0.2, 0.25) is 0 Å². The Morgan fingerprint density at radius 2 is 1.57 bits per heavy atom. The van der Waals surface area contributed by atoms with Crippen LogP contribution in [0.1, 0.15) is 28.4 Å². The average Bonchev–Trinajstić information content (AvgIpc) is 2.74. The van der Waals surface area contributed by atoms with E-state index in [0.717, 1.165) is 16.9 Å². The van der Waals surface area contributed by atoms with E-state index in [1.165, 1.54) is 0 Å². The van der Waals surface area contributed by atoms with Crippen LogP contribution in [0.4, 0.5) is 0 Å². The van der Waals surface area contributed by atoms with Gasteiger partial charge in [0.2, 0.25) is 0 Å². The Labute approximate surface area is 164 Å². The quantitative estimate of drug-likeness (QED) is 0.469. The molecular weight excluding hydrogens is 352 g/mol. The standard InChI is InChI=1S/C23H22N2O3/c1-2-27-21-14-8-6-12-19(21)16-24-25-23(26)20-13-7-9-15-22(20)28-17-18-10-4-3-5-11-18/h3-16H,2,17H2,1H3,(H,25,26)/b24-16-. The second-order valence-corrected chi connectivity index (χ2v) is 5.94. The third-order valence-corrected chi connectivity index (χ3v) is 3.96. The molecule has 3 aromatic rings. The fourth-order valence-corrected chi connectivity index (χ4v) is 2.61. The molecule has 0 heterocycles. The van der Waals surface area contributed by atoms with Gasteiger partial charge in [-0.3, -0.25) is 4.79 Å². The summed E-state index contributed by atoms with van der Waals surface area (Å²) < 4.78 is 11.4. The minimum Gasteiger partial charge on any atom is -0.493 e. The zero-order chi connectivity index (χ0) is 19.6. The molecule has 142 valence electrons. The Morgan fingerprint density at radius 3 is 2.36 bits per heavy atom. The van der Waals surface area contributed by atoms with E-state index in [-0.39, 0.29) is 5.91 Å². The van der Waals surface area contributed by atoms with Crippen LogP contribution in [-0.2, 0) is 6.61 Å². The number of hydrogen-bond donors (Lipinski definition) is 1. The van der Waals surface area contributed by atoms with Gasteiger partial charge in [0, 0.05) is 5.56 Å². The fraction of sp³-hybridized carbons (Fsp3) is 0.130. The first-order valence-corrected chi connectivity index (χ1v) is 9.09. The zero-order valence-corrected chi connectivity index (χ0v) is 15.7. The van der Waals surface area contributed by atoms with E-state index >= 15 is 0 Å². The van der Waals surface area contributed by atoms with Gasteiger partial charge in [-0.25, -0.2) is 5.43 Å². The summed E-state index contributed by atoms with van der Waals surface area (Å²) in [4.78, 5) is 12.5. The summed E-state index contributed by atoms with van der Waals surface area (Å²) in [6.45, 7) is 2.86. The second kappa shape index (κ2) is 9.92. The van der Waals surface area contributed by atoms with Crippen LogP contribution in [-0.4, -0.2) is 18.7 Å². The van der Waals surface area contributed by atoms with Crippen molar-refractivity contribution in [3.8, 4) is 11.5 Å². The van der Waals surface area contributed by atoms with E-state index in [9.17, 15) is 4.79 Å². The average molecular weight is 374 g/mol. The number of benzene rings is 3. The maximum Gasteiger partial charge on any atom is 0.275 e. The summed E-state index contributed by atoms with van der Waals surface area (Å²) in [6, 6.07) is 24.4. The summed E-state index contributed by atoms with van der Waals surface area (Å²) in [5.74, 6) is 0.886. The van der Waals surface area contributed by atoms with E-state index in [1.807, 2.05) is 67.6 Å². The Hall–Kier alpha value is -3.60. The lowest BCUT2D eigenvalue weighted by molar-refractivity contribution is 0.0950. The molecule has 3 rings (SSSR count). The van der Waals surface area contributed by atoms with Gasteiger partial charge in [0.05, 0.1) is 18.4 Å². The topological polar surface area (TPSA) is 59.9 Å². The second-order valence-electron chi connectivity index (χ2n) is 5.94. The van der Waals surface area contributed by atoms with Gasteiger partial charge in [0.15, 0.2) is 0 Å². The molecule has 0 bridgehead atoms. The predicted molar refractivity (Wildman–Crippen MR) is 110 cm³/mol. The summed E-state index contributed by atoms with van der Waals surface area (Å²) in [5, 5.41) is 4.06. The van der Waals surface area contributed by atoms with Gasteiger partial charge in [-0.1, -0.05) is 54.6 Å². The van der Waals surface area contributed by atoms with Crippen molar-refractivity contribution in [1.29, 1.82) is 0 Å². The number of nitrogens with one attached hydrogen (secondary N) is 1. The van der Waals surface area contributed by atoms with Gasteiger partial charge in [-0.15, -0.1) is 0 Å². The van der Waals surface area contributed by atoms with Crippen LogP contribution < -0.4 is 14.9 Å². The maximum atomic E-state index is 12.5. The highest BCUT2D eigenvalue weighted by atomic mass is 16.5. The van der Waals surface area contributed by atoms with Gasteiger partial charge < -0.3 is 9.47 Å². The molecule has 0 fully saturated rings. The molecule has 0 aliphatic heterocycles. The van der Waals surface area contributed by atoms with E-state index in [4.69, 9.17) is 9.47 Å². The third kappa shape index (κ3) is 5.20. The van der Waals surface area contributed by atoms with Gasteiger partial charge in [0.25, 0.3) is 5.91 Å². The molecule has 0 unspecified atom stereocenters. The number of hydrogen-bond acceptors (Lipinski definition) is 4. The SMILES string of the molecule is CCOc1ccccc1/C=N\NC(=O)c1ccccc1OCc1ccccc1. The molecule has 5 heteroatoms. The molecule has 5 nitrogen and oxygen atoms in total. The molecule has 0 atom stereocenters. The number of nitrogens with zero attached hydrogens (tertiary/aromatic N) is 1. The molecule has 3 aromatic carbocycles. The number of carbonyl (C=O) groups is 1. The highest BCUT2D eigenvalue weighted by Crippen LogP contribution is 2.19. The number of hydrazone groups is 1. The highest BCUT2D eigenvalue weighted by molar-refractivity contribution is 5.97. The Bertz CT molecular complexity index is 939. The van der Waals surface area contributed by atoms with Crippen molar-refractivity contribution >= 4 is 12.1 Å². The van der Waals surface area contributed by atoms with E-state index in [1.54, 1.807) is 24.4 Å². The molecule has 0 aromatic heterocycles. The molecule has 0 saturated carbocycles. The van der Waals surface area contributed by atoms with Gasteiger partial charge in [0.1, 0.15) is 18.1 Å². The first-order valence-electron chi connectivity index (χ1n) is 9.09. The minimum absolute atomic E-state index is 0.339. The Balaban J connectivity index is 1.66. The van der Waals surface area contributed by atoms with Crippen molar-refractivity contribution in [3.63, 3.8) is 0 Å². The normalized spacial score (nSPS) is 10.6. The summed E-state index contributed by atoms with van der Waals surface area (Å²) in [6.07, 6.45) is 1.57. The smallest absolute Gasteiger partial charge is 0.275 e. The van der Waals surface area contributed by atoms with Crippen molar-refractivity contribution in [3.05, 3.63) is 95.6 Å². The summed E-state index contributed by atoms with van der Waals surface area (Å²) in [7, 11) is 0. The Morgan fingerprint density at radius 1 is 0.893 bits per heavy atom. The Kier molecular flexibility index (Phi) is 6.79. The molecule has 1 amide bonds. The van der Waals surface area contributed by atoms with Crippen LogP contribution in [0.25, 0.3) is 0 Å². The number of carbonyl (C=O) groups excluding carboxylic acids is 1. The van der Waals surface area contributed by atoms with Gasteiger partial charge in [-0.2, -0.15) is 5.10 Å². The van der Waals surface area contributed by atoms with Crippen molar-refractivity contribution in [1.82, 2.24) is 5.43 Å². The maximum absolute atomic E-state index is 12.5. The molecule has 0 spiro atoms. The number of ether oxygens (including phenoxy) is 2. The molecule has 0 aliphatic rings. The minimum atomic E-state index is -0.339. The first-order chi connectivity index (χ1) is 13.8. The van der Waals surface area contributed by atoms with Crippen LogP contribution in [0, 0.1) is 0 Å². The van der Waals surface area contributed by atoms with Gasteiger partial charge >= 0.3 is 0 Å². The van der Waals surface area contributed by atoms with Crippen molar-refractivity contribution < 1.29 is 14.3 Å². The molecule has 28 heavy (non-hydrogen) atoms. The third-order valence-electron chi connectivity index (χ3n) is 3.96. The lowest BCUT2D eigenvalue weighted by Gasteiger charge is -2.10. The van der Waals surface area contributed by atoms with Crippen LogP contribution in [0.3, 0.4) is 0 Å².